The average molecular weight is 206 g/mol. The molecule has 0 aromatic rings. The van der Waals surface area contributed by atoms with Gasteiger partial charge < -0.3 is 14.7 Å². The maximum absolute atomic E-state index is 8.88. The van der Waals surface area contributed by atoms with E-state index in [0.717, 1.165) is 0 Å². The molecule has 4 nitrogen and oxygen atoms in total. The van der Waals surface area contributed by atoms with Crippen LogP contribution in [0, 0.1) is 0 Å². The van der Waals surface area contributed by atoms with Gasteiger partial charge in [0.2, 0.25) is 0 Å². The van der Waals surface area contributed by atoms with Crippen LogP contribution in [0.3, 0.4) is 0 Å². The Morgan fingerprint density at radius 2 is 0.889 bits per heavy atom. The second-order valence-electron chi connectivity index (χ2n) is 0.513. The van der Waals surface area contributed by atoms with Gasteiger partial charge in [0.05, 0.1) is 0 Å². The number of halogens is 1. The summed E-state index contributed by atoms with van der Waals surface area (Å²) >= 11 is 0. The predicted molar refractivity (Wildman–Crippen MR) is 43.0 cm³/mol. The molecule has 3 N–H and O–H groups in total. The monoisotopic (exact) mass is 206 g/mol. The van der Waals surface area contributed by atoms with Crippen LogP contribution >= 0.6 is 20.2 Å². The van der Waals surface area contributed by atoms with Crippen LogP contribution in [0.4, 0.5) is 0 Å². The third kappa shape index (κ3) is 87.1. The fourth-order valence-corrected chi connectivity index (χ4v) is 0. The molecule has 0 aromatic carbocycles. The topological polar surface area (TPSA) is 77.8 Å². The Bertz CT molecular complexity index is 61.9. The van der Waals surface area contributed by atoms with E-state index in [-0.39, 0.29) is 101 Å². The van der Waals surface area contributed by atoms with Crippen molar-refractivity contribution in [2.45, 2.75) is 0 Å². The van der Waals surface area contributed by atoms with E-state index in [4.69, 9.17) is 19.2 Å². The van der Waals surface area contributed by atoms with Crippen LogP contribution in [0.15, 0.2) is 0 Å². The molecule has 0 aliphatic rings. The third-order valence-electron chi connectivity index (χ3n) is 0. The minimum atomic E-state index is -4.64. The quantitative estimate of drug-likeness (QED) is 0.304. The van der Waals surface area contributed by atoms with Crippen molar-refractivity contribution in [1.29, 1.82) is 0 Å². The van der Waals surface area contributed by atoms with Gasteiger partial charge in [-0.25, -0.2) is 4.57 Å². The van der Waals surface area contributed by atoms with Gasteiger partial charge >= 0.3 is 96.5 Å². The van der Waals surface area contributed by atoms with Gasteiger partial charge in [-0.2, -0.15) is 0 Å². The molecule has 0 bridgehead atoms. The Labute approximate surface area is 126 Å². The van der Waals surface area contributed by atoms with E-state index in [1.54, 1.807) is 0 Å². The summed E-state index contributed by atoms with van der Waals surface area (Å²) in [5.41, 5.74) is 0. The molecule has 0 aromatic heterocycles. The van der Waals surface area contributed by atoms with Gasteiger partial charge in [-0.1, -0.05) is 0 Å². The van der Waals surface area contributed by atoms with E-state index in [2.05, 4.69) is 0 Å². The Hall–Kier alpha value is 3.40. The van der Waals surface area contributed by atoms with Gasteiger partial charge in [-0.3, -0.25) is 0 Å². The summed E-state index contributed by atoms with van der Waals surface area (Å²) in [6.45, 7) is 0. The molecule has 0 aliphatic heterocycles. The van der Waals surface area contributed by atoms with E-state index < -0.39 is 7.82 Å². The molecule has 0 heterocycles. The molecule has 9 heavy (non-hydrogen) atoms. The SMILES string of the molecule is Cl.O=P(O)(O)O.[NaH].[NaH].[NaH]. The van der Waals surface area contributed by atoms with Gasteiger partial charge in [0, 0.05) is 0 Å². The molecule has 0 saturated heterocycles. The summed E-state index contributed by atoms with van der Waals surface area (Å²) in [7, 11) is -4.64. The number of rotatable bonds is 0. The normalized spacial score (nSPS) is 6.56. The molecule has 9 heteroatoms. The Kier molecular flexibility index (Phi) is 45.6. The van der Waals surface area contributed by atoms with E-state index in [1.807, 2.05) is 0 Å². The first-order chi connectivity index (χ1) is 2.00. The Balaban J connectivity index is -0.0000000133. The van der Waals surface area contributed by atoms with Crippen molar-refractivity contribution in [3.05, 3.63) is 0 Å². The van der Waals surface area contributed by atoms with E-state index in [1.165, 1.54) is 0 Å². The van der Waals surface area contributed by atoms with Crippen LogP contribution in [0.5, 0.6) is 0 Å². The molecule has 46 valence electrons. The van der Waals surface area contributed by atoms with Crippen molar-refractivity contribution in [3.8, 4) is 0 Å². The zero-order valence-electron chi connectivity index (χ0n) is 2.61. The number of hydrogen-bond acceptors (Lipinski definition) is 1. The average Bonchev–Trinajstić information content (AvgIpc) is 0.722. The van der Waals surface area contributed by atoms with Crippen molar-refractivity contribution in [3.63, 3.8) is 0 Å². The second-order valence-corrected chi connectivity index (χ2v) is 1.54. The van der Waals surface area contributed by atoms with Crippen molar-refractivity contribution < 1.29 is 19.2 Å². The van der Waals surface area contributed by atoms with Gasteiger partial charge in [0.25, 0.3) is 0 Å². The van der Waals surface area contributed by atoms with Gasteiger partial charge in [0.1, 0.15) is 0 Å². The second kappa shape index (κ2) is 14.0. The molecule has 0 aliphatic carbocycles. The van der Waals surface area contributed by atoms with Crippen LogP contribution in [0.25, 0.3) is 0 Å². The van der Waals surface area contributed by atoms with Crippen molar-refractivity contribution in [2.24, 2.45) is 0 Å². The number of hydrogen-bond donors (Lipinski definition) is 3. The molecule has 0 radical (unpaired) electrons. The maximum atomic E-state index is 8.88. The molecule has 0 unspecified atom stereocenters. The first-order valence-corrected chi connectivity index (χ1v) is 2.35. The number of phosphoric acid groups is 1. The minimum absolute atomic E-state index is 0. The van der Waals surface area contributed by atoms with Gasteiger partial charge in [-0.15, -0.1) is 12.4 Å². The third-order valence-corrected chi connectivity index (χ3v) is 0. The fraction of sp³-hybridized carbons (Fsp3) is 0. The van der Waals surface area contributed by atoms with Crippen LogP contribution < -0.4 is 0 Å². The molecule has 0 atom stereocenters. The zero-order chi connectivity index (χ0) is 4.50. The molecular weight excluding hydrogens is 199 g/mol. The van der Waals surface area contributed by atoms with Crippen molar-refractivity contribution in [1.82, 2.24) is 0 Å². The predicted octanol–water partition coefficient (Wildman–Crippen LogP) is -2.45. The van der Waals surface area contributed by atoms with Crippen LogP contribution in [-0.2, 0) is 4.57 Å². The van der Waals surface area contributed by atoms with Gasteiger partial charge in [0.15, 0.2) is 0 Å². The van der Waals surface area contributed by atoms with E-state index in [0.29, 0.717) is 0 Å². The summed E-state index contributed by atoms with van der Waals surface area (Å²) in [6.07, 6.45) is 0. The van der Waals surface area contributed by atoms with Crippen LogP contribution in [0.1, 0.15) is 0 Å². The fourth-order valence-electron chi connectivity index (χ4n) is 0. The van der Waals surface area contributed by atoms with Crippen LogP contribution in [0.2, 0.25) is 0 Å². The molecule has 0 spiro atoms. The van der Waals surface area contributed by atoms with E-state index in [9.17, 15) is 0 Å². The van der Waals surface area contributed by atoms with Crippen molar-refractivity contribution >= 4 is 109 Å². The first kappa shape index (κ1) is 29.4. The molecular formula is H7ClNa3O4P. The molecule has 0 saturated carbocycles. The van der Waals surface area contributed by atoms with Crippen molar-refractivity contribution in [2.75, 3.05) is 0 Å². The summed E-state index contributed by atoms with van der Waals surface area (Å²) in [5.74, 6) is 0. The Morgan fingerprint density at radius 1 is 0.889 bits per heavy atom. The molecule has 0 fully saturated rings. The standard InChI is InChI=1S/ClH.3Na.H3O4P.3H/c;;;;1-5(2,3)4;;;/h1H;;;;(H3,1,2,3,4);;;. The molecule has 0 rings (SSSR count). The molecule has 0 amide bonds. The summed E-state index contributed by atoms with van der Waals surface area (Å²) in [6, 6.07) is 0. The zero-order valence-corrected chi connectivity index (χ0v) is 4.32. The summed E-state index contributed by atoms with van der Waals surface area (Å²) < 4.78 is 8.88. The summed E-state index contributed by atoms with van der Waals surface area (Å²) in [5, 5.41) is 0. The summed E-state index contributed by atoms with van der Waals surface area (Å²) in [4.78, 5) is 21.6. The van der Waals surface area contributed by atoms with Crippen LogP contribution in [-0.4, -0.2) is 103 Å². The van der Waals surface area contributed by atoms with Gasteiger partial charge in [-0.05, 0) is 0 Å². The first-order valence-electron chi connectivity index (χ1n) is 0.783. The Morgan fingerprint density at radius 3 is 0.889 bits per heavy atom. The van der Waals surface area contributed by atoms with E-state index >= 15 is 0 Å².